The molecule has 0 aliphatic carbocycles. The number of esters is 1. The predicted molar refractivity (Wildman–Crippen MR) is 143 cm³/mol. The van der Waals surface area contributed by atoms with E-state index < -0.39 is 10.0 Å². The molecular weight excluding hydrogens is 486 g/mol. The Balaban J connectivity index is 1.61. The van der Waals surface area contributed by atoms with Crippen LogP contribution in [0.1, 0.15) is 34.9 Å². The van der Waals surface area contributed by atoms with E-state index in [1.54, 1.807) is 30.3 Å². The first-order valence-electron chi connectivity index (χ1n) is 12.1. The fourth-order valence-corrected chi connectivity index (χ4v) is 5.15. The number of benzene rings is 3. The summed E-state index contributed by atoms with van der Waals surface area (Å²) in [6.07, 6.45) is 0.632. The highest BCUT2D eigenvalue weighted by molar-refractivity contribution is 7.89. The zero-order valence-corrected chi connectivity index (χ0v) is 22.1. The van der Waals surface area contributed by atoms with Crippen LogP contribution in [0.15, 0.2) is 83.8 Å². The van der Waals surface area contributed by atoms with Gasteiger partial charge in [-0.25, -0.2) is 13.1 Å². The summed E-state index contributed by atoms with van der Waals surface area (Å²) in [5.41, 5.74) is 6.96. The largest absolute Gasteiger partial charge is 0.466 e. The van der Waals surface area contributed by atoms with Crippen LogP contribution in [0.4, 0.5) is 0 Å². The number of ether oxygens (including phenoxy) is 1. The van der Waals surface area contributed by atoms with Crippen LogP contribution in [0.25, 0.3) is 11.3 Å². The van der Waals surface area contributed by atoms with Gasteiger partial charge >= 0.3 is 5.97 Å². The summed E-state index contributed by atoms with van der Waals surface area (Å²) in [5.74, 6) is -0.290. The fourth-order valence-electron chi connectivity index (χ4n) is 4.13. The lowest BCUT2D eigenvalue weighted by Crippen LogP contribution is -2.25. The Morgan fingerprint density at radius 3 is 2.27 bits per heavy atom. The maximum absolute atomic E-state index is 12.9. The molecular formula is C29H31N3O4S. The molecule has 0 atom stereocenters. The summed E-state index contributed by atoms with van der Waals surface area (Å²) >= 11 is 0. The standard InChI is InChI=1S/C29H31N3O4S/c1-21-8-7-9-22(2)28(21)20-32-26(19-30-37(34,35)27-10-5-4-6-11-27)18-29(31-32)25-14-12-24(13-15-25)16-17-36-23(3)33/h4-15,18,30H,16-17,19-20H2,1-3H3. The topological polar surface area (TPSA) is 90.3 Å². The first-order chi connectivity index (χ1) is 17.7. The molecule has 192 valence electrons. The van der Waals surface area contributed by atoms with E-state index in [0.717, 1.165) is 39.2 Å². The third-order valence-electron chi connectivity index (χ3n) is 6.26. The lowest BCUT2D eigenvalue weighted by Gasteiger charge is -2.13. The average molecular weight is 518 g/mol. The zero-order valence-electron chi connectivity index (χ0n) is 21.3. The molecule has 4 rings (SSSR count). The van der Waals surface area contributed by atoms with Crippen molar-refractivity contribution >= 4 is 16.0 Å². The van der Waals surface area contributed by atoms with Gasteiger partial charge in [0.15, 0.2) is 0 Å². The van der Waals surface area contributed by atoms with Crippen molar-refractivity contribution in [3.63, 3.8) is 0 Å². The highest BCUT2D eigenvalue weighted by Crippen LogP contribution is 2.23. The van der Waals surface area contributed by atoms with Gasteiger partial charge < -0.3 is 4.74 Å². The lowest BCUT2D eigenvalue weighted by molar-refractivity contribution is -0.140. The fraction of sp³-hybridized carbons (Fsp3) is 0.241. The molecule has 1 N–H and O–H groups in total. The van der Waals surface area contributed by atoms with Gasteiger partial charge in [-0.05, 0) is 54.3 Å². The summed E-state index contributed by atoms with van der Waals surface area (Å²) in [6, 6.07) is 24.4. The van der Waals surface area contributed by atoms with E-state index in [2.05, 4.69) is 30.7 Å². The highest BCUT2D eigenvalue weighted by atomic mass is 32.2. The molecule has 0 saturated carbocycles. The van der Waals surface area contributed by atoms with Gasteiger partial charge in [-0.15, -0.1) is 0 Å². The molecule has 0 bridgehead atoms. The summed E-state index contributed by atoms with van der Waals surface area (Å²) in [6.45, 7) is 6.51. The van der Waals surface area contributed by atoms with E-state index in [-0.39, 0.29) is 17.4 Å². The van der Waals surface area contributed by atoms with Gasteiger partial charge in [0, 0.05) is 18.9 Å². The second-order valence-electron chi connectivity index (χ2n) is 8.97. The molecule has 1 aromatic heterocycles. The molecule has 0 aliphatic heterocycles. The molecule has 0 unspecified atom stereocenters. The van der Waals surface area contributed by atoms with E-state index >= 15 is 0 Å². The summed E-state index contributed by atoms with van der Waals surface area (Å²) in [7, 11) is -3.67. The van der Waals surface area contributed by atoms with Crippen LogP contribution < -0.4 is 4.72 Å². The van der Waals surface area contributed by atoms with E-state index in [1.165, 1.54) is 6.92 Å². The number of hydrogen-bond acceptors (Lipinski definition) is 5. The molecule has 7 nitrogen and oxygen atoms in total. The Morgan fingerprint density at radius 1 is 0.946 bits per heavy atom. The van der Waals surface area contributed by atoms with Gasteiger partial charge in [0.25, 0.3) is 0 Å². The van der Waals surface area contributed by atoms with E-state index in [1.807, 2.05) is 41.1 Å². The third-order valence-corrected chi connectivity index (χ3v) is 7.68. The average Bonchev–Trinajstić information content (AvgIpc) is 3.29. The maximum atomic E-state index is 12.9. The number of rotatable bonds is 10. The van der Waals surface area contributed by atoms with Crippen LogP contribution in [0, 0.1) is 13.8 Å². The van der Waals surface area contributed by atoms with Crippen molar-refractivity contribution in [3.05, 3.63) is 107 Å². The molecule has 0 fully saturated rings. The van der Waals surface area contributed by atoms with Gasteiger partial charge in [-0.2, -0.15) is 5.10 Å². The molecule has 37 heavy (non-hydrogen) atoms. The Hall–Kier alpha value is -3.75. The van der Waals surface area contributed by atoms with Gasteiger partial charge in [0.2, 0.25) is 10.0 Å². The quantitative estimate of drug-likeness (QED) is 0.305. The molecule has 0 saturated heterocycles. The zero-order chi connectivity index (χ0) is 26.4. The van der Waals surface area contributed by atoms with Crippen molar-refractivity contribution in [1.82, 2.24) is 14.5 Å². The van der Waals surface area contributed by atoms with E-state index in [0.29, 0.717) is 19.6 Å². The number of aromatic nitrogens is 2. The number of nitrogens with zero attached hydrogens (tertiary/aromatic N) is 2. The van der Waals surface area contributed by atoms with Crippen molar-refractivity contribution in [1.29, 1.82) is 0 Å². The van der Waals surface area contributed by atoms with Crippen LogP contribution in [-0.4, -0.2) is 30.8 Å². The molecule has 1 heterocycles. The van der Waals surface area contributed by atoms with Crippen LogP contribution in [0.5, 0.6) is 0 Å². The van der Waals surface area contributed by atoms with Crippen molar-refractivity contribution in [2.45, 2.75) is 45.2 Å². The number of carbonyl (C=O) groups excluding carboxylic acids is 1. The summed E-state index contributed by atoms with van der Waals surface area (Å²) in [5, 5.41) is 4.86. The molecule has 4 aromatic rings. The van der Waals surface area contributed by atoms with E-state index in [4.69, 9.17) is 9.84 Å². The van der Waals surface area contributed by atoms with Crippen LogP contribution in [-0.2, 0) is 39.1 Å². The van der Waals surface area contributed by atoms with Gasteiger partial charge in [-0.3, -0.25) is 9.48 Å². The van der Waals surface area contributed by atoms with Crippen LogP contribution >= 0.6 is 0 Å². The van der Waals surface area contributed by atoms with Crippen molar-refractivity contribution in [2.24, 2.45) is 0 Å². The predicted octanol–water partition coefficient (Wildman–Crippen LogP) is 4.80. The van der Waals surface area contributed by atoms with E-state index in [9.17, 15) is 13.2 Å². The Labute approximate surface area is 218 Å². The summed E-state index contributed by atoms with van der Waals surface area (Å²) < 4.78 is 35.3. The Morgan fingerprint density at radius 2 is 1.62 bits per heavy atom. The van der Waals surface area contributed by atoms with Crippen molar-refractivity contribution in [3.8, 4) is 11.3 Å². The molecule has 0 amide bonds. The van der Waals surface area contributed by atoms with Crippen LogP contribution in [0.3, 0.4) is 0 Å². The SMILES string of the molecule is CC(=O)OCCc1ccc(-c2cc(CNS(=O)(=O)c3ccccc3)n(Cc3c(C)cccc3C)n2)cc1. The second-order valence-corrected chi connectivity index (χ2v) is 10.7. The molecule has 3 aromatic carbocycles. The molecule has 8 heteroatoms. The normalized spacial score (nSPS) is 11.4. The highest BCUT2D eigenvalue weighted by Gasteiger charge is 2.17. The Kier molecular flexibility index (Phi) is 8.21. The summed E-state index contributed by atoms with van der Waals surface area (Å²) in [4.78, 5) is 11.2. The minimum atomic E-state index is -3.67. The molecule has 0 spiro atoms. The molecule has 0 radical (unpaired) electrons. The number of carbonyl (C=O) groups is 1. The smallest absolute Gasteiger partial charge is 0.302 e. The number of hydrogen-bond donors (Lipinski definition) is 1. The van der Waals surface area contributed by atoms with Gasteiger partial charge in [0.1, 0.15) is 0 Å². The minimum Gasteiger partial charge on any atom is -0.466 e. The Bertz CT molecular complexity index is 1460. The van der Waals surface area contributed by atoms with Crippen molar-refractivity contribution in [2.75, 3.05) is 6.61 Å². The first-order valence-corrected chi connectivity index (χ1v) is 13.6. The number of aryl methyl sites for hydroxylation is 2. The van der Waals surface area contributed by atoms with Crippen LogP contribution in [0.2, 0.25) is 0 Å². The lowest BCUT2D eigenvalue weighted by atomic mass is 10.0. The van der Waals surface area contributed by atoms with Gasteiger partial charge in [-0.1, -0.05) is 60.7 Å². The monoisotopic (exact) mass is 517 g/mol. The van der Waals surface area contributed by atoms with Crippen molar-refractivity contribution < 1.29 is 17.9 Å². The molecule has 0 aliphatic rings. The number of nitrogens with one attached hydrogen (secondary N) is 1. The minimum absolute atomic E-state index is 0.107. The second kappa shape index (κ2) is 11.5. The van der Waals surface area contributed by atoms with Gasteiger partial charge in [0.05, 0.1) is 36.0 Å². The maximum Gasteiger partial charge on any atom is 0.302 e. The number of sulfonamides is 1. The third kappa shape index (κ3) is 6.72. The first kappa shape index (κ1) is 26.3.